The van der Waals surface area contributed by atoms with Crippen molar-refractivity contribution in [2.24, 2.45) is 5.92 Å². The minimum atomic E-state index is 0.0984. The van der Waals surface area contributed by atoms with Gasteiger partial charge in [0.2, 0.25) is 5.91 Å². The molecule has 2 N–H and O–H groups in total. The van der Waals surface area contributed by atoms with Crippen LogP contribution in [0.2, 0.25) is 0 Å². The number of quaternary nitrogens is 1. The molecule has 20 heavy (non-hydrogen) atoms. The molecule has 1 heterocycles. The average molecular weight is 277 g/mol. The zero-order chi connectivity index (χ0) is 14.4. The number of hydrogen-bond donors (Lipinski definition) is 2. The molecule has 0 radical (unpaired) electrons. The molecule has 2 rings (SSSR count). The molecule has 4 heteroatoms. The fourth-order valence-electron chi connectivity index (χ4n) is 2.61. The third-order valence-corrected chi connectivity index (χ3v) is 4.06. The molecule has 110 valence electrons. The molecule has 0 bridgehead atoms. The largest absolute Gasteiger partial charge is 0.497 e. The smallest absolute Gasteiger partial charge is 0.230 e. The number of nitrogens with one attached hydrogen (secondary N) is 2. The first kappa shape index (κ1) is 14.9. The lowest BCUT2D eigenvalue weighted by Gasteiger charge is -2.27. The van der Waals surface area contributed by atoms with Crippen molar-refractivity contribution in [1.82, 2.24) is 0 Å². The number of benzene rings is 1. The summed E-state index contributed by atoms with van der Waals surface area (Å²) >= 11 is 0. The van der Waals surface area contributed by atoms with Gasteiger partial charge in [0.15, 0.2) is 0 Å². The highest BCUT2D eigenvalue weighted by molar-refractivity contribution is 5.90. The Morgan fingerprint density at radius 2 is 1.95 bits per heavy atom. The maximum absolute atomic E-state index is 11.9. The van der Waals surface area contributed by atoms with E-state index in [1.807, 2.05) is 24.3 Å². The van der Waals surface area contributed by atoms with Crippen LogP contribution >= 0.6 is 0 Å². The summed E-state index contributed by atoms with van der Waals surface area (Å²) in [6.45, 7) is 5.66. The summed E-state index contributed by atoms with van der Waals surface area (Å²) in [4.78, 5) is 13.5. The van der Waals surface area contributed by atoms with Crippen LogP contribution < -0.4 is 15.0 Å². The minimum Gasteiger partial charge on any atom is -0.497 e. The van der Waals surface area contributed by atoms with Crippen LogP contribution in [0, 0.1) is 5.92 Å². The van der Waals surface area contributed by atoms with Crippen LogP contribution in [0.1, 0.15) is 26.2 Å². The number of methoxy groups -OCH3 is 1. The number of ether oxygens (including phenoxy) is 1. The SMILES string of the molecule is COc1ccc(NC(=O)CC[NH+]2CCC(C)CC2)cc1. The Bertz CT molecular complexity index is 423. The lowest BCUT2D eigenvalue weighted by Crippen LogP contribution is -3.13. The van der Waals surface area contributed by atoms with E-state index in [0.717, 1.165) is 23.9 Å². The average Bonchev–Trinajstić information content (AvgIpc) is 2.47. The fraction of sp³-hybridized carbons (Fsp3) is 0.562. The van der Waals surface area contributed by atoms with Crippen molar-refractivity contribution in [2.45, 2.75) is 26.2 Å². The summed E-state index contributed by atoms with van der Waals surface area (Å²) in [5, 5.41) is 2.93. The topological polar surface area (TPSA) is 42.8 Å². The van der Waals surface area contributed by atoms with Gasteiger partial charge in [0.25, 0.3) is 0 Å². The molecule has 1 aromatic rings. The Morgan fingerprint density at radius 1 is 1.30 bits per heavy atom. The summed E-state index contributed by atoms with van der Waals surface area (Å²) < 4.78 is 5.09. The van der Waals surface area contributed by atoms with Gasteiger partial charge in [0.1, 0.15) is 5.75 Å². The highest BCUT2D eigenvalue weighted by atomic mass is 16.5. The van der Waals surface area contributed by atoms with E-state index >= 15 is 0 Å². The second-order valence-electron chi connectivity index (χ2n) is 5.71. The molecule has 1 saturated heterocycles. The summed E-state index contributed by atoms with van der Waals surface area (Å²) in [6.07, 6.45) is 3.17. The second-order valence-corrected chi connectivity index (χ2v) is 5.71. The van der Waals surface area contributed by atoms with E-state index in [1.54, 1.807) is 12.0 Å². The van der Waals surface area contributed by atoms with E-state index < -0.39 is 0 Å². The molecule has 0 atom stereocenters. The Kier molecular flexibility index (Phi) is 5.41. The number of piperidine rings is 1. The number of likely N-dealkylation sites (tertiary alicyclic amines) is 1. The fourth-order valence-corrected chi connectivity index (χ4v) is 2.61. The van der Waals surface area contributed by atoms with Gasteiger partial charge in [-0.05, 0) is 43.0 Å². The van der Waals surface area contributed by atoms with Gasteiger partial charge in [-0.25, -0.2) is 0 Å². The molecule has 0 aromatic heterocycles. The normalized spacial score (nSPS) is 22.3. The van der Waals surface area contributed by atoms with E-state index in [9.17, 15) is 4.79 Å². The van der Waals surface area contributed by atoms with Crippen molar-refractivity contribution in [2.75, 3.05) is 32.1 Å². The molecule has 0 spiro atoms. The Morgan fingerprint density at radius 3 is 2.55 bits per heavy atom. The van der Waals surface area contributed by atoms with Crippen LogP contribution in [0.4, 0.5) is 5.69 Å². The molecule has 1 fully saturated rings. The van der Waals surface area contributed by atoms with Crippen LogP contribution in [-0.4, -0.2) is 32.7 Å². The molecule has 1 aliphatic heterocycles. The number of carbonyl (C=O) groups is 1. The standard InChI is InChI=1S/C16H24N2O2/c1-13-7-10-18(11-8-13)12-9-16(19)17-14-3-5-15(20-2)6-4-14/h3-6,13H,7-12H2,1-2H3,(H,17,19)/p+1. The van der Waals surface area contributed by atoms with Crippen molar-refractivity contribution in [3.63, 3.8) is 0 Å². The van der Waals surface area contributed by atoms with E-state index in [2.05, 4.69) is 12.2 Å². The number of rotatable bonds is 5. The summed E-state index contributed by atoms with van der Waals surface area (Å²) in [5.41, 5.74) is 0.832. The number of hydrogen-bond acceptors (Lipinski definition) is 2. The highest BCUT2D eigenvalue weighted by Gasteiger charge is 2.19. The van der Waals surface area contributed by atoms with Crippen molar-refractivity contribution in [3.05, 3.63) is 24.3 Å². The second kappa shape index (κ2) is 7.29. The molecule has 0 unspecified atom stereocenters. The summed E-state index contributed by atoms with van der Waals surface area (Å²) in [5.74, 6) is 1.75. The minimum absolute atomic E-state index is 0.0984. The Labute approximate surface area is 121 Å². The van der Waals surface area contributed by atoms with Gasteiger partial charge in [-0.15, -0.1) is 0 Å². The van der Waals surface area contributed by atoms with Gasteiger partial charge in [-0.3, -0.25) is 4.79 Å². The Hall–Kier alpha value is -1.55. The van der Waals surface area contributed by atoms with Crippen LogP contribution in [0.25, 0.3) is 0 Å². The quantitative estimate of drug-likeness (QED) is 0.853. The van der Waals surface area contributed by atoms with Crippen molar-refractivity contribution in [1.29, 1.82) is 0 Å². The van der Waals surface area contributed by atoms with Gasteiger partial charge in [-0.2, -0.15) is 0 Å². The van der Waals surface area contributed by atoms with Crippen LogP contribution in [0.3, 0.4) is 0 Å². The van der Waals surface area contributed by atoms with Crippen molar-refractivity contribution >= 4 is 11.6 Å². The van der Waals surface area contributed by atoms with Crippen LogP contribution in [0.15, 0.2) is 24.3 Å². The molecule has 1 aliphatic rings. The zero-order valence-corrected chi connectivity index (χ0v) is 12.4. The zero-order valence-electron chi connectivity index (χ0n) is 12.4. The van der Waals surface area contributed by atoms with E-state index in [1.165, 1.54) is 25.9 Å². The first-order valence-electron chi connectivity index (χ1n) is 7.45. The molecule has 4 nitrogen and oxygen atoms in total. The van der Waals surface area contributed by atoms with Crippen molar-refractivity contribution in [3.8, 4) is 5.75 Å². The third-order valence-electron chi connectivity index (χ3n) is 4.06. The predicted octanol–water partition coefficient (Wildman–Crippen LogP) is 1.34. The Balaban J connectivity index is 1.72. The van der Waals surface area contributed by atoms with Crippen molar-refractivity contribution < 1.29 is 14.4 Å². The monoisotopic (exact) mass is 277 g/mol. The molecular formula is C16H25N2O2+. The van der Waals surface area contributed by atoms with Gasteiger partial charge >= 0.3 is 0 Å². The van der Waals surface area contributed by atoms with Crippen LogP contribution in [0.5, 0.6) is 5.75 Å². The first-order valence-corrected chi connectivity index (χ1v) is 7.45. The molecule has 0 saturated carbocycles. The van der Waals surface area contributed by atoms with Gasteiger partial charge in [0, 0.05) is 5.69 Å². The van der Waals surface area contributed by atoms with E-state index in [4.69, 9.17) is 4.74 Å². The molecule has 1 aromatic carbocycles. The highest BCUT2D eigenvalue weighted by Crippen LogP contribution is 2.15. The van der Waals surface area contributed by atoms with Gasteiger partial charge < -0.3 is 15.0 Å². The van der Waals surface area contributed by atoms with Gasteiger partial charge in [0.05, 0.1) is 33.2 Å². The maximum Gasteiger partial charge on any atom is 0.230 e. The van der Waals surface area contributed by atoms with Gasteiger partial charge in [-0.1, -0.05) is 6.92 Å². The number of carbonyl (C=O) groups excluding carboxylic acids is 1. The maximum atomic E-state index is 11.9. The van der Waals surface area contributed by atoms with E-state index in [0.29, 0.717) is 6.42 Å². The number of amides is 1. The third kappa shape index (κ3) is 4.53. The summed E-state index contributed by atoms with van der Waals surface area (Å²) in [6, 6.07) is 7.44. The lowest BCUT2D eigenvalue weighted by atomic mass is 9.99. The first-order chi connectivity index (χ1) is 9.67. The molecule has 1 amide bonds. The number of anilines is 1. The predicted molar refractivity (Wildman–Crippen MR) is 80.2 cm³/mol. The summed E-state index contributed by atoms with van der Waals surface area (Å²) in [7, 11) is 1.63. The lowest BCUT2D eigenvalue weighted by molar-refractivity contribution is -0.905. The molecule has 0 aliphatic carbocycles. The van der Waals surface area contributed by atoms with Crippen LogP contribution in [-0.2, 0) is 4.79 Å². The molecular weight excluding hydrogens is 252 g/mol. The van der Waals surface area contributed by atoms with E-state index in [-0.39, 0.29) is 5.91 Å².